The minimum atomic E-state index is -0.0713. The van der Waals surface area contributed by atoms with E-state index in [-0.39, 0.29) is 12.5 Å². The van der Waals surface area contributed by atoms with Crippen LogP contribution in [0.1, 0.15) is 0 Å². The first-order valence-electron chi connectivity index (χ1n) is 8.67. The third-order valence-corrected chi connectivity index (χ3v) is 6.42. The second-order valence-corrected chi connectivity index (χ2v) is 8.57. The van der Waals surface area contributed by atoms with Crippen molar-refractivity contribution in [2.75, 3.05) is 37.7 Å². The number of rotatable bonds is 4. The van der Waals surface area contributed by atoms with Crippen LogP contribution in [0.25, 0.3) is 10.2 Å². The maximum Gasteiger partial charge on any atom is 0.260 e. The molecular weight excluding hydrogens is 441 g/mol. The Kier molecular flexibility index (Phi) is 5.83. The number of carbonyl (C=O) groups is 1. The van der Waals surface area contributed by atoms with Crippen molar-refractivity contribution in [1.29, 1.82) is 0 Å². The fourth-order valence-electron chi connectivity index (χ4n) is 3.01. The highest BCUT2D eigenvalue weighted by Crippen LogP contribution is 2.33. The quantitative estimate of drug-likeness (QED) is 0.555. The molecule has 0 aliphatic carbocycles. The highest BCUT2D eigenvalue weighted by Gasteiger charge is 2.24. The van der Waals surface area contributed by atoms with Crippen LogP contribution in [-0.4, -0.2) is 48.6 Å². The van der Waals surface area contributed by atoms with Crippen molar-refractivity contribution >= 4 is 67.4 Å². The van der Waals surface area contributed by atoms with E-state index in [0.29, 0.717) is 47.0 Å². The molecule has 2 aromatic carbocycles. The number of benzene rings is 2. The van der Waals surface area contributed by atoms with Crippen LogP contribution in [-0.2, 0) is 4.79 Å². The third kappa shape index (κ3) is 4.15. The van der Waals surface area contributed by atoms with Gasteiger partial charge in [-0.15, -0.1) is 0 Å². The first kappa shape index (κ1) is 19.6. The molecule has 0 atom stereocenters. The predicted octanol–water partition coefficient (Wildman–Crippen LogP) is 4.98. The van der Waals surface area contributed by atoms with Gasteiger partial charge in [-0.2, -0.15) is 0 Å². The first-order chi connectivity index (χ1) is 13.5. The minimum Gasteiger partial charge on any atom is -0.482 e. The Morgan fingerprint density at radius 3 is 2.57 bits per heavy atom. The number of anilines is 1. The number of para-hydroxylation sites is 1. The highest BCUT2D eigenvalue weighted by atomic mass is 35.5. The van der Waals surface area contributed by atoms with E-state index in [4.69, 9.17) is 39.5 Å². The Morgan fingerprint density at radius 2 is 1.86 bits per heavy atom. The van der Waals surface area contributed by atoms with Gasteiger partial charge in [-0.1, -0.05) is 52.2 Å². The van der Waals surface area contributed by atoms with E-state index in [1.54, 1.807) is 34.4 Å². The van der Waals surface area contributed by atoms with Gasteiger partial charge in [0.1, 0.15) is 11.3 Å². The molecule has 3 aromatic rings. The van der Waals surface area contributed by atoms with Crippen molar-refractivity contribution in [2.45, 2.75) is 0 Å². The molecule has 2 heterocycles. The van der Waals surface area contributed by atoms with Crippen LogP contribution in [0.2, 0.25) is 15.1 Å². The van der Waals surface area contributed by atoms with Crippen molar-refractivity contribution in [3.63, 3.8) is 0 Å². The highest BCUT2D eigenvalue weighted by molar-refractivity contribution is 7.22. The smallest absolute Gasteiger partial charge is 0.260 e. The maximum absolute atomic E-state index is 12.5. The summed E-state index contributed by atoms with van der Waals surface area (Å²) in [4.78, 5) is 21.1. The van der Waals surface area contributed by atoms with Crippen LogP contribution >= 0.6 is 46.1 Å². The summed E-state index contributed by atoms with van der Waals surface area (Å²) in [5.74, 6) is 0.377. The Labute approximate surface area is 181 Å². The van der Waals surface area contributed by atoms with Gasteiger partial charge in [0.15, 0.2) is 11.7 Å². The number of aromatic nitrogens is 1. The summed E-state index contributed by atoms with van der Waals surface area (Å²) in [6.45, 7) is 2.59. The zero-order valence-corrected chi connectivity index (χ0v) is 17.8. The SMILES string of the molecule is O=C(COc1ccc(Cl)cc1Cl)N1CCN(c2nc3c(Cl)cccc3s2)CC1. The summed E-state index contributed by atoms with van der Waals surface area (Å²) in [5, 5.41) is 2.50. The van der Waals surface area contributed by atoms with Gasteiger partial charge in [-0.3, -0.25) is 4.79 Å². The van der Waals surface area contributed by atoms with Gasteiger partial charge in [0, 0.05) is 31.2 Å². The normalized spacial score (nSPS) is 14.5. The van der Waals surface area contributed by atoms with E-state index in [1.807, 2.05) is 18.2 Å². The first-order valence-corrected chi connectivity index (χ1v) is 10.6. The zero-order valence-electron chi connectivity index (χ0n) is 14.7. The van der Waals surface area contributed by atoms with Crippen LogP contribution in [0.4, 0.5) is 5.13 Å². The lowest BCUT2D eigenvalue weighted by Crippen LogP contribution is -2.50. The molecule has 0 saturated carbocycles. The predicted molar refractivity (Wildman–Crippen MR) is 115 cm³/mol. The number of amides is 1. The number of hydrogen-bond acceptors (Lipinski definition) is 5. The van der Waals surface area contributed by atoms with E-state index in [1.165, 1.54) is 0 Å². The number of fused-ring (bicyclic) bond motifs is 1. The van der Waals surface area contributed by atoms with Crippen LogP contribution in [0, 0.1) is 0 Å². The largest absolute Gasteiger partial charge is 0.482 e. The van der Waals surface area contributed by atoms with Gasteiger partial charge in [-0.05, 0) is 30.3 Å². The molecule has 9 heteroatoms. The van der Waals surface area contributed by atoms with E-state index < -0.39 is 0 Å². The summed E-state index contributed by atoms with van der Waals surface area (Å²) in [6, 6.07) is 10.7. The number of nitrogens with zero attached hydrogens (tertiary/aromatic N) is 3. The lowest BCUT2D eigenvalue weighted by atomic mass is 10.3. The molecular formula is C19H16Cl3N3O2S. The summed E-state index contributed by atoms with van der Waals surface area (Å²) < 4.78 is 6.62. The lowest BCUT2D eigenvalue weighted by molar-refractivity contribution is -0.133. The molecule has 5 nitrogen and oxygen atoms in total. The van der Waals surface area contributed by atoms with Crippen LogP contribution in [0.15, 0.2) is 36.4 Å². The van der Waals surface area contributed by atoms with E-state index in [9.17, 15) is 4.79 Å². The summed E-state index contributed by atoms with van der Waals surface area (Å²) in [7, 11) is 0. The summed E-state index contributed by atoms with van der Waals surface area (Å²) >= 11 is 19.8. The molecule has 1 fully saturated rings. The fourth-order valence-corrected chi connectivity index (χ4v) is 4.79. The molecule has 0 N–H and O–H groups in total. The molecule has 0 unspecified atom stereocenters. The van der Waals surface area contributed by atoms with E-state index in [0.717, 1.165) is 15.3 Å². The van der Waals surface area contributed by atoms with Crippen LogP contribution < -0.4 is 9.64 Å². The van der Waals surface area contributed by atoms with Crippen LogP contribution in [0.3, 0.4) is 0 Å². The van der Waals surface area contributed by atoms with Gasteiger partial charge >= 0.3 is 0 Å². The van der Waals surface area contributed by atoms with Crippen molar-refractivity contribution in [3.8, 4) is 5.75 Å². The topological polar surface area (TPSA) is 45.7 Å². The van der Waals surface area contributed by atoms with Gasteiger partial charge in [0.05, 0.1) is 14.7 Å². The van der Waals surface area contributed by atoms with Gasteiger partial charge < -0.3 is 14.5 Å². The van der Waals surface area contributed by atoms with E-state index >= 15 is 0 Å². The molecule has 1 aromatic heterocycles. The molecule has 1 aliphatic rings. The summed E-state index contributed by atoms with van der Waals surface area (Å²) in [6.07, 6.45) is 0. The molecule has 1 saturated heterocycles. The average Bonchev–Trinajstić information content (AvgIpc) is 3.13. The Balaban J connectivity index is 1.34. The van der Waals surface area contributed by atoms with Crippen molar-refractivity contribution in [1.82, 2.24) is 9.88 Å². The Bertz CT molecular complexity index is 1020. The fraction of sp³-hybridized carbons (Fsp3) is 0.263. The van der Waals surface area contributed by atoms with Crippen molar-refractivity contribution in [3.05, 3.63) is 51.5 Å². The van der Waals surface area contributed by atoms with E-state index in [2.05, 4.69) is 9.88 Å². The second kappa shape index (κ2) is 8.33. The monoisotopic (exact) mass is 455 g/mol. The molecule has 28 heavy (non-hydrogen) atoms. The number of piperazine rings is 1. The van der Waals surface area contributed by atoms with Gasteiger partial charge in [0.2, 0.25) is 0 Å². The Morgan fingerprint density at radius 1 is 1.07 bits per heavy atom. The molecule has 0 radical (unpaired) electrons. The maximum atomic E-state index is 12.5. The Hall–Kier alpha value is -1.73. The number of halogens is 3. The minimum absolute atomic E-state index is 0.0574. The van der Waals surface area contributed by atoms with Gasteiger partial charge in [0.25, 0.3) is 5.91 Å². The lowest BCUT2D eigenvalue weighted by Gasteiger charge is -2.34. The number of hydrogen-bond donors (Lipinski definition) is 0. The third-order valence-electron chi connectivity index (χ3n) is 4.51. The standard InChI is InChI=1S/C19H16Cl3N3O2S/c20-12-4-5-15(14(22)10-12)27-11-17(26)24-6-8-25(9-7-24)19-23-18-13(21)2-1-3-16(18)28-19/h1-5,10H,6-9,11H2. The number of ether oxygens (including phenoxy) is 1. The average molecular weight is 457 g/mol. The summed E-state index contributed by atoms with van der Waals surface area (Å²) in [5.41, 5.74) is 0.830. The molecule has 0 spiro atoms. The van der Waals surface area contributed by atoms with Crippen molar-refractivity contribution < 1.29 is 9.53 Å². The molecule has 146 valence electrons. The molecule has 1 aliphatic heterocycles. The number of thiazole rings is 1. The number of carbonyl (C=O) groups excluding carboxylic acids is 1. The zero-order chi connectivity index (χ0) is 19.7. The second-order valence-electron chi connectivity index (χ2n) is 6.31. The molecule has 0 bridgehead atoms. The molecule has 4 rings (SSSR count). The molecule has 1 amide bonds. The van der Waals surface area contributed by atoms with Crippen LogP contribution in [0.5, 0.6) is 5.75 Å². The van der Waals surface area contributed by atoms with Crippen molar-refractivity contribution in [2.24, 2.45) is 0 Å². The van der Waals surface area contributed by atoms with Gasteiger partial charge in [-0.25, -0.2) is 4.98 Å².